The van der Waals surface area contributed by atoms with E-state index in [1.165, 1.54) is 4.90 Å². The predicted molar refractivity (Wildman–Crippen MR) is 115 cm³/mol. The number of carbonyl (C=O) groups is 2. The van der Waals surface area contributed by atoms with Crippen LogP contribution in [0.2, 0.25) is 10.0 Å². The summed E-state index contributed by atoms with van der Waals surface area (Å²) in [5.74, 6) is -1.41. The molecule has 30 heavy (non-hydrogen) atoms. The Kier molecular flexibility index (Phi) is 4.74. The summed E-state index contributed by atoms with van der Waals surface area (Å²) in [5.41, 5.74) is 2.04. The third kappa shape index (κ3) is 3.06. The Morgan fingerprint density at radius 3 is 2.13 bits per heavy atom. The van der Waals surface area contributed by atoms with E-state index in [-0.39, 0.29) is 5.91 Å². The Morgan fingerprint density at radius 1 is 0.733 bits per heavy atom. The lowest BCUT2D eigenvalue weighted by Crippen LogP contribution is -2.37. The molecule has 0 N–H and O–H groups in total. The quantitative estimate of drug-likeness (QED) is 0.537. The van der Waals surface area contributed by atoms with Gasteiger partial charge < -0.3 is 0 Å². The van der Waals surface area contributed by atoms with Gasteiger partial charge in [-0.3, -0.25) is 14.4 Å². The van der Waals surface area contributed by atoms with Crippen molar-refractivity contribution in [1.29, 1.82) is 0 Å². The molecule has 0 bridgehead atoms. The van der Waals surface area contributed by atoms with Crippen LogP contribution >= 0.6 is 23.2 Å². The molecule has 3 aromatic rings. The Bertz CT molecular complexity index is 1120. The van der Waals surface area contributed by atoms with Crippen LogP contribution in [-0.4, -0.2) is 17.9 Å². The molecule has 150 valence electrons. The lowest BCUT2D eigenvalue weighted by molar-refractivity contribution is -0.126. The average molecular weight is 439 g/mol. The predicted octanol–water partition coefficient (Wildman–Crippen LogP) is 5.04. The third-order valence-corrected chi connectivity index (χ3v) is 5.89. The number of imide groups is 1. The van der Waals surface area contributed by atoms with Crippen molar-refractivity contribution < 1.29 is 14.4 Å². The zero-order valence-electron chi connectivity index (χ0n) is 15.6. The SMILES string of the molecule is O=C1[C@H]2[C@@H](c3ccc(Cl)cc3)N(c3ccccc3)O[C@H]2C(=O)N1c1cccc(Cl)c1. The minimum absolute atomic E-state index is 0.314. The molecule has 2 aliphatic rings. The number of amides is 2. The highest BCUT2D eigenvalue weighted by Crippen LogP contribution is 2.47. The van der Waals surface area contributed by atoms with E-state index in [1.807, 2.05) is 42.5 Å². The van der Waals surface area contributed by atoms with Crippen LogP contribution in [0.1, 0.15) is 11.6 Å². The molecule has 0 spiro atoms. The molecular formula is C23H16Cl2N2O3. The van der Waals surface area contributed by atoms with Crippen LogP contribution in [0, 0.1) is 5.92 Å². The van der Waals surface area contributed by atoms with Gasteiger partial charge in [0.1, 0.15) is 5.92 Å². The Balaban J connectivity index is 1.59. The van der Waals surface area contributed by atoms with E-state index in [0.717, 1.165) is 11.3 Å². The maximum atomic E-state index is 13.5. The fourth-order valence-electron chi connectivity index (χ4n) is 4.08. The van der Waals surface area contributed by atoms with Crippen molar-refractivity contribution in [2.24, 2.45) is 5.92 Å². The molecule has 3 aromatic carbocycles. The minimum atomic E-state index is -0.919. The molecule has 2 aliphatic heterocycles. The molecule has 2 heterocycles. The number of carbonyl (C=O) groups excluding carboxylic acids is 2. The van der Waals surface area contributed by atoms with Gasteiger partial charge in [0.15, 0.2) is 6.10 Å². The number of benzene rings is 3. The number of hydrogen-bond acceptors (Lipinski definition) is 4. The summed E-state index contributed by atoms with van der Waals surface area (Å²) < 4.78 is 0. The van der Waals surface area contributed by atoms with Gasteiger partial charge in [-0.2, -0.15) is 0 Å². The highest BCUT2D eigenvalue weighted by molar-refractivity contribution is 6.31. The molecule has 0 unspecified atom stereocenters. The number of hydroxylamine groups is 1. The van der Waals surface area contributed by atoms with Crippen LogP contribution in [0.5, 0.6) is 0 Å². The molecule has 2 fully saturated rings. The molecule has 5 nitrogen and oxygen atoms in total. The zero-order chi connectivity index (χ0) is 20.8. The summed E-state index contributed by atoms with van der Waals surface area (Å²) in [6, 6.07) is 22.9. The molecular weight excluding hydrogens is 423 g/mol. The van der Waals surface area contributed by atoms with Crippen LogP contribution in [0.25, 0.3) is 0 Å². The van der Waals surface area contributed by atoms with Crippen molar-refractivity contribution in [1.82, 2.24) is 0 Å². The van der Waals surface area contributed by atoms with Gasteiger partial charge in [0.05, 0.1) is 17.4 Å². The highest BCUT2D eigenvalue weighted by atomic mass is 35.5. The van der Waals surface area contributed by atoms with Gasteiger partial charge in [-0.1, -0.05) is 59.6 Å². The van der Waals surface area contributed by atoms with Crippen molar-refractivity contribution in [2.45, 2.75) is 12.1 Å². The number of para-hydroxylation sites is 1. The summed E-state index contributed by atoms with van der Waals surface area (Å²) in [7, 11) is 0. The van der Waals surface area contributed by atoms with Gasteiger partial charge in [-0.25, -0.2) is 9.96 Å². The Hall–Kier alpha value is -2.86. The van der Waals surface area contributed by atoms with E-state index < -0.39 is 24.0 Å². The Morgan fingerprint density at radius 2 is 1.43 bits per heavy atom. The monoisotopic (exact) mass is 438 g/mol. The second kappa shape index (κ2) is 7.43. The van der Waals surface area contributed by atoms with E-state index in [1.54, 1.807) is 41.5 Å². The minimum Gasteiger partial charge on any atom is -0.273 e. The smallest absolute Gasteiger partial charge is 0.266 e. The number of fused-ring (bicyclic) bond motifs is 1. The Labute approximate surface area is 183 Å². The first-order valence-electron chi connectivity index (χ1n) is 9.44. The standard InChI is InChI=1S/C23H16Cl2N2O3/c24-15-11-9-14(10-12-15)20-19-21(30-27(20)17-6-2-1-3-7-17)23(29)26(22(19)28)18-8-4-5-16(25)13-18/h1-13,19-21H/t19-,20+,21+/m0/s1. The van der Waals surface area contributed by atoms with Gasteiger partial charge >= 0.3 is 0 Å². The fraction of sp³-hybridized carbons (Fsp3) is 0.130. The first-order valence-corrected chi connectivity index (χ1v) is 10.2. The number of nitrogens with zero attached hydrogens (tertiary/aromatic N) is 2. The van der Waals surface area contributed by atoms with Gasteiger partial charge in [0, 0.05) is 10.0 Å². The van der Waals surface area contributed by atoms with Gasteiger partial charge in [0.25, 0.3) is 5.91 Å². The third-order valence-electron chi connectivity index (χ3n) is 5.40. The van der Waals surface area contributed by atoms with E-state index in [2.05, 4.69) is 0 Å². The summed E-state index contributed by atoms with van der Waals surface area (Å²) in [5, 5.41) is 2.70. The summed E-state index contributed by atoms with van der Waals surface area (Å²) in [4.78, 5) is 33.9. The first kappa shape index (κ1) is 19.1. The lowest BCUT2D eigenvalue weighted by Gasteiger charge is -2.28. The highest BCUT2D eigenvalue weighted by Gasteiger charge is 2.60. The van der Waals surface area contributed by atoms with Crippen molar-refractivity contribution in [3.63, 3.8) is 0 Å². The van der Waals surface area contributed by atoms with Crippen LogP contribution < -0.4 is 9.96 Å². The van der Waals surface area contributed by atoms with Crippen molar-refractivity contribution in [2.75, 3.05) is 9.96 Å². The van der Waals surface area contributed by atoms with Gasteiger partial charge in [-0.15, -0.1) is 0 Å². The molecule has 2 saturated heterocycles. The molecule has 7 heteroatoms. The lowest BCUT2D eigenvalue weighted by atomic mass is 9.90. The summed E-state index contributed by atoms with van der Waals surface area (Å²) in [6.07, 6.45) is -0.919. The van der Waals surface area contributed by atoms with Gasteiger partial charge in [-0.05, 0) is 48.0 Å². The van der Waals surface area contributed by atoms with E-state index in [0.29, 0.717) is 15.7 Å². The van der Waals surface area contributed by atoms with Crippen LogP contribution in [0.4, 0.5) is 11.4 Å². The van der Waals surface area contributed by atoms with E-state index in [4.69, 9.17) is 28.0 Å². The molecule has 3 atom stereocenters. The first-order chi connectivity index (χ1) is 14.5. The topological polar surface area (TPSA) is 49.9 Å². The summed E-state index contributed by atoms with van der Waals surface area (Å²) in [6.45, 7) is 0. The molecule has 0 aliphatic carbocycles. The largest absolute Gasteiger partial charge is 0.273 e. The van der Waals surface area contributed by atoms with Crippen LogP contribution in [-0.2, 0) is 14.4 Å². The fourth-order valence-corrected chi connectivity index (χ4v) is 4.39. The average Bonchev–Trinajstić information content (AvgIpc) is 3.26. The maximum Gasteiger partial charge on any atom is 0.266 e. The zero-order valence-corrected chi connectivity index (χ0v) is 17.1. The normalized spacial score (nSPS) is 23.2. The summed E-state index contributed by atoms with van der Waals surface area (Å²) >= 11 is 12.1. The van der Waals surface area contributed by atoms with E-state index >= 15 is 0 Å². The molecule has 5 rings (SSSR count). The van der Waals surface area contributed by atoms with Crippen molar-refractivity contribution >= 4 is 46.4 Å². The second-order valence-corrected chi connectivity index (χ2v) is 8.07. The second-order valence-electron chi connectivity index (χ2n) is 7.20. The van der Waals surface area contributed by atoms with Crippen molar-refractivity contribution in [3.8, 4) is 0 Å². The molecule has 2 amide bonds. The maximum absolute atomic E-state index is 13.5. The molecule has 0 saturated carbocycles. The van der Waals surface area contributed by atoms with Crippen LogP contribution in [0.3, 0.4) is 0 Å². The number of rotatable bonds is 3. The molecule has 0 aromatic heterocycles. The number of hydrogen-bond donors (Lipinski definition) is 0. The number of halogens is 2. The van der Waals surface area contributed by atoms with Crippen LogP contribution in [0.15, 0.2) is 78.9 Å². The van der Waals surface area contributed by atoms with Gasteiger partial charge in [0.2, 0.25) is 5.91 Å². The van der Waals surface area contributed by atoms with Crippen molar-refractivity contribution in [3.05, 3.63) is 94.5 Å². The van der Waals surface area contributed by atoms with E-state index in [9.17, 15) is 9.59 Å². The number of anilines is 2. The molecule has 0 radical (unpaired) electrons.